The molecule has 0 bridgehead atoms. The van der Waals surface area contributed by atoms with Crippen LogP contribution < -0.4 is 0 Å². The van der Waals surface area contributed by atoms with Crippen molar-refractivity contribution >= 4 is 5.97 Å². The second-order valence-corrected chi connectivity index (χ2v) is 6.57. The van der Waals surface area contributed by atoms with E-state index in [0.717, 1.165) is 31.2 Å². The number of carbonyl (C=O) groups is 1. The fraction of sp³-hybridized carbons (Fsp3) is 0.632. The fourth-order valence-electron chi connectivity index (χ4n) is 3.46. The molecule has 1 fully saturated rings. The third-order valence-corrected chi connectivity index (χ3v) is 4.69. The van der Waals surface area contributed by atoms with Gasteiger partial charge in [-0.2, -0.15) is 0 Å². The van der Waals surface area contributed by atoms with Gasteiger partial charge in [0.15, 0.2) is 0 Å². The summed E-state index contributed by atoms with van der Waals surface area (Å²) < 4.78 is 5.43. The molecule has 0 amide bonds. The number of benzene rings is 1. The van der Waals surface area contributed by atoms with E-state index in [1.54, 1.807) is 0 Å². The predicted molar refractivity (Wildman–Crippen MR) is 88.6 cm³/mol. The molecule has 1 aliphatic carbocycles. The van der Waals surface area contributed by atoms with Crippen LogP contribution in [0.15, 0.2) is 30.3 Å². The number of aliphatic hydroxyl groups is 2. The van der Waals surface area contributed by atoms with E-state index in [1.165, 1.54) is 0 Å². The zero-order chi connectivity index (χ0) is 16.7. The Morgan fingerprint density at radius 3 is 2.61 bits per heavy atom. The first kappa shape index (κ1) is 18.0. The van der Waals surface area contributed by atoms with E-state index in [4.69, 9.17) is 4.74 Å². The van der Waals surface area contributed by atoms with Gasteiger partial charge in [0.1, 0.15) is 6.61 Å². The molecule has 4 heteroatoms. The fourth-order valence-corrected chi connectivity index (χ4v) is 3.46. The van der Waals surface area contributed by atoms with E-state index < -0.39 is 18.1 Å². The highest BCUT2D eigenvalue weighted by Crippen LogP contribution is 2.35. The SMILES string of the molecule is CCCCCC1CC(O)CC(O)C1C(=O)OCc1ccccc1. The van der Waals surface area contributed by atoms with Crippen molar-refractivity contribution < 1.29 is 19.7 Å². The molecule has 0 heterocycles. The number of carbonyl (C=O) groups excluding carboxylic acids is 1. The largest absolute Gasteiger partial charge is 0.461 e. The van der Waals surface area contributed by atoms with Crippen molar-refractivity contribution in [1.82, 2.24) is 0 Å². The Kier molecular flexibility index (Phi) is 7.06. The molecule has 23 heavy (non-hydrogen) atoms. The average molecular weight is 320 g/mol. The minimum atomic E-state index is -0.811. The van der Waals surface area contributed by atoms with Crippen LogP contribution in [0.25, 0.3) is 0 Å². The van der Waals surface area contributed by atoms with Crippen LogP contribution in [-0.2, 0) is 16.1 Å². The Bertz CT molecular complexity index is 474. The minimum Gasteiger partial charge on any atom is -0.461 e. The molecule has 4 unspecified atom stereocenters. The van der Waals surface area contributed by atoms with Gasteiger partial charge in [-0.05, 0) is 24.3 Å². The van der Waals surface area contributed by atoms with Crippen molar-refractivity contribution in [2.24, 2.45) is 11.8 Å². The number of unbranched alkanes of at least 4 members (excludes halogenated alkanes) is 2. The maximum absolute atomic E-state index is 12.5. The molecule has 0 radical (unpaired) electrons. The summed E-state index contributed by atoms with van der Waals surface area (Å²) in [5, 5.41) is 20.2. The van der Waals surface area contributed by atoms with Crippen LogP contribution in [-0.4, -0.2) is 28.4 Å². The highest BCUT2D eigenvalue weighted by molar-refractivity contribution is 5.73. The van der Waals surface area contributed by atoms with Crippen molar-refractivity contribution in [3.8, 4) is 0 Å². The molecule has 128 valence electrons. The highest BCUT2D eigenvalue weighted by Gasteiger charge is 2.41. The van der Waals surface area contributed by atoms with Gasteiger partial charge in [-0.15, -0.1) is 0 Å². The van der Waals surface area contributed by atoms with E-state index in [1.807, 2.05) is 30.3 Å². The van der Waals surface area contributed by atoms with Crippen LogP contribution in [0.4, 0.5) is 0 Å². The maximum atomic E-state index is 12.5. The summed E-state index contributed by atoms with van der Waals surface area (Å²) in [5.41, 5.74) is 0.939. The molecule has 0 aromatic heterocycles. The van der Waals surface area contributed by atoms with Crippen LogP contribution in [0.5, 0.6) is 0 Å². The molecule has 1 aromatic rings. The monoisotopic (exact) mass is 320 g/mol. The molecule has 1 aliphatic rings. The van der Waals surface area contributed by atoms with Crippen molar-refractivity contribution in [2.75, 3.05) is 0 Å². The number of esters is 1. The third kappa shape index (κ3) is 5.33. The summed E-state index contributed by atoms with van der Waals surface area (Å²) in [7, 11) is 0. The van der Waals surface area contributed by atoms with E-state index in [9.17, 15) is 15.0 Å². The quantitative estimate of drug-likeness (QED) is 0.598. The zero-order valence-electron chi connectivity index (χ0n) is 13.9. The van der Waals surface area contributed by atoms with Gasteiger partial charge < -0.3 is 14.9 Å². The van der Waals surface area contributed by atoms with Gasteiger partial charge in [0.25, 0.3) is 0 Å². The van der Waals surface area contributed by atoms with E-state index in [0.29, 0.717) is 6.42 Å². The molecule has 4 atom stereocenters. The Hall–Kier alpha value is -1.39. The average Bonchev–Trinajstić information content (AvgIpc) is 2.53. The summed E-state index contributed by atoms with van der Waals surface area (Å²) in [4.78, 5) is 12.5. The minimum absolute atomic E-state index is 0.00331. The van der Waals surface area contributed by atoms with Gasteiger partial charge in [-0.3, -0.25) is 4.79 Å². The van der Waals surface area contributed by atoms with Crippen LogP contribution in [0, 0.1) is 11.8 Å². The molecule has 1 aromatic carbocycles. The summed E-state index contributed by atoms with van der Waals surface area (Å²) in [5.74, 6) is -0.850. The van der Waals surface area contributed by atoms with Gasteiger partial charge in [-0.25, -0.2) is 0 Å². The first-order valence-electron chi connectivity index (χ1n) is 8.68. The molecule has 0 spiro atoms. The topological polar surface area (TPSA) is 66.8 Å². The van der Waals surface area contributed by atoms with Gasteiger partial charge in [0.2, 0.25) is 0 Å². The summed E-state index contributed by atoms with van der Waals surface area (Å²) in [6.45, 7) is 2.36. The standard InChI is InChI=1S/C19H28O4/c1-2-3-5-10-15-11-16(20)12-17(21)18(15)19(22)23-13-14-8-6-4-7-9-14/h4,6-9,15-18,20-21H,2-3,5,10-13H2,1H3. The third-order valence-electron chi connectivity index (χ3n) is 4.69. The van der Waals surface area contributed by atoms with Gasteiger partial charge in [-0.1, -0.05) is 56.5 Å². The van der Waals surface area contributed by atoms with Crippen LogP contribution in [0.1, 0.15) is 51.0 Å². The molecule has 4 nitrogen and oxygen atoms in total. The zero-order valence-corrected chi connectivity index (χ0v) is 13.9. The normalized spacial score (nSPS) is 27.6. The first-order valence-corrected chi connectivity index (χ1v) is 8.68. The number of rotatable bonds is 7. The summed E-state index contributed by atoms with van der Waals surface area (Å²) in [6, 6.07) is 9.55. The number of aliphatic hydroxyl groups excluding tert-OH is 2. The molecular formula is C19H28O4. The van der Waals surface area contributed by atoms with E-state index in [-0.39, 0.29) is 24.9 Å². The van der Waals surface area contributed by atoms with Crippen molar-refractivity contribution in [2.45, 2.75) is 64.3 Å². The summed E-state index contributed by atoms with van der Waals surface area (Å²) >= 11 is 0. The lowest BCUT2D eigenvalue weighted by molar-refractivity contribution is -0.162. The van der Waals surface area contributed by atoms with Crippen molar-refractivity contribution in [3.63, 3.8) is 0 Å². The van der Waals surface area contributed by atoms with Crippen LogP contribution >= 0.6 is 0 Å². The molecular weight excluding hydrogens is 292 g/mol. The second-order valence-electron chi connectivity index (χ2n) is 6.57. The Balaban J connectivity index is 1.95. The second kappa shape index (κ2) is 9.04. The highest BCUT2D eigenvalue weighted by atomic mass is 16.5. The number of ether oxygens (including phenoxy) is 1. The molecule has 0 saturated heterocycles. The number of hydrogen-bond donors (Lipinski definition) is 2. The Labute approximate surface area is 138 Å². The Morgan fingerprint density at radius 2 is 1.91 bits per heavy atom. The Morgan fingerprint density at radius 1 is 1.17 bits per heavy atom. The lowest BCUT2D eigenvalue weighted by Crippen LogP contribution is -2.43. The van der Waals surface area contributed by atoms with Gasteiger partial charge in [0.05, 0.1) is 18.1 Å². The van der Waals surface area contributed by atoms with Crippen molar-refractivity contribution in [1.29, 1.82) is 0 Å². The van der Waals surface area contributed by atoms with E-state index in [2.05, 4.69) is 6.92 Å². The van der Waals surface area contributed by atoms with E-state index >= 15 is 0 Å². The molecule has 1 saturated carbocycles. The summed E-state index contributed by atoms with van der Waals surface area (Å²) in [6.07, 6.45) is 3.59. The lowest BCUT2D eigenvalue weighted by atomic mass is 9.73. The van der Waals surface area contributed by atoms with Crippen LogP contribution in [0.2, 0.25) is 0 Å². The molecule has 0 aliphatic heterocycles. The van der Waals surface area contributed by atoms with Crippen LogP contribution in [0.3, 0.4) is 0 Å². The maximum Gasteiger partial charge on any atom is 0.312 e. The molecule has 2 rings (SSSR count). The first-order chi connectivity index (χ1) is 11.1. The number of hydrogen-bond acceptors (Lipinski definition) is 4. The van der Waals surface area contributed by atoms with Gasteiger partial charge >= 0.3 is 5.97 Å². The lowest BCUT2D eigenvalue weighted by Gasteiger charge is -2.36. The predicted octanol–water partition coefficient (Wildman–Crippen LogP) is 3.06. The molecule has 2 N–H and O–H groups in total. The van der Waals surface area contributed by atoms with Gasteiger partial charge in [0, 0.05) is 6.42 Å². The smallest absolute Gasteiger partial charge is 0.312 e. The van der Waals surface area contributed by atoms with Crippen molar-refractivity contribution in [3.05, 3.63) is 35.9 Å².